The van der Waals surface area contributed by atoms with Crippen LogP contribution < -0.4 is 0 Å². The fourth-order valence-corrected chi connectivity index (χ4v) is 3.91. The number of nitrogens with zero attached hydrogens (tertiary/aromatic N) is 1. The third-order valence-corrected chi connectivity index (χ3v) is 6.46. The molecule has 3 rings (SSSR count). The van der Waals surface area contributed by atoms with Gasteiger partial charge in [-0.1, -0.05) is 60.7 Å². The summed E-state index contributed by atoms with van der Waals surface area (Å²) in [6, 6.07) is 23.0. The summed E-state index contributed by atoms with van der Waals surface area (Å²) in [7, 11) is -4.76. The number of sulfone groups is 1. The van der Waals surface area contributed by atoms with Gasteiger partial charge >= 0.3 is 11.7 Å². The quantitative estimate of drug-likeness (QED) is 0.402. The van der Waals surface area contributed by atoms with E-state index in [-0.39, 0.29) is 5.56 Å². The molecule has 0 saturated heterocycles. The van der Waals surface area contributed by atoms with Crippen molar-refractivity contribution in [2.75, 3.05) is 13.2 Å². The maximum atomic E-state index is 12.9. The van der Waals surface area contributed by atoms with Gasteiger partial charge in [0, 0.05) is 13.1 Å². The van der Waals surface area contributed by atoms with Crippen LogP contribution in [-0.2, 0) is 32.3 Å². The van der Waals surface area contributed by atoms with Crippen molar-refractivity contribution in [3.8, 4) is 0 Å². The predicted molar refractivity (Wildman–Crippen MR) is 122 cm³/mol. The number of carbonyl (C=O) groups is 2. The van der Waals surface area contributed by atoms with E-state index in [1.807, 2.05) is 60.7 Å². The highest BCUT2D eigenvalue weighted by molar-refractivity contribution is 7.91. The van der Waals surface area contributed by atoms with E-state index in [4.69, 9.17) is 4.74 Å². The molecule has 0 N–H and O–H groups in total. The molecular weight excluding hydrogens is 464 g/mol. The first-order chi connectivity index (χ1) is 16.3. The zero-order chi connectivity index (χ0) is 24.6. The Bertz CT molecular complexity index is 1200. The summed E-state index contributed by atoms with van der Waals surface area (Å²) in [6.07, 6.45) is 0.618. The topological polar surface area (TPSA) is 80.8 Å². The highest BCUT2D eigenvalue weighted by atomic mass is 32.2. The fourth-order valence-electron chi connectivity index (χ4n) is 3.19. The van der Waals surface area contributed by atoms with Gasteiger partial charge in [0.05, 0.1) is 10.5 Å². The molecule has 0 atom stereocenters. The predicted octanol–water partition coefficient (Wildman–Crippen LogP) is 4.11. The minimum atomic E-state index is -4.76. The molecule has 0 aromatic heterocycles. The van der Waals surface area contributed by atoms with Gasteiger partial charge in [-0.15, -0.1) is 0 Å². The van der Waals surface area contributed by atoms with Crippen LogP contribution in [0.25, 0.3) is 0 Å². The highest BCUT2D eigenvalue weighted by Crippen LogP contribution is 2.19. The Morgan fingerprint density at radius 2 is 1.38 bits per heavy atom. The van der Waals surface area contributed by atoms with Gasteiger partial charge in [0.15, 0.2) is 6.61 Å². The molecule has 3 aromatic rings. The third-order valence-electron chi connectivity index (χ3n) is 5.06. The Hall–Kier alpha value is -3.59. The lowest BCUT2D eigenvalue weighted by molar-refractivity contribution is -0.135. The van der Waals surface area contributed by atoms with Crippen molar-refractivity contribution in [1.82, 2.24) is 4.90 Å². The summed E-state index contributed by atoms with van der Waals surface area (Å²) >= 11 is 0. The molecule has 6 nitrogen and oxygen atoms in total. The van der Waals surface area contributed by atoms with Crippen LogP contribution in [0, 0.1) is 0 Å². The van der Waals surface area contributed by atoms with Crippen molar-refractivity contribution in [3.05, 3.63) is 102 Å². The Balaban J connectivity index is 1.64. The first-order valence-corrected chi connectivity index (χ1v) is 12.0. The van der Waals surface area contributed by atoms with E-state index >= 15 is 0 Å². The van der Waals surface area contributed by atoms with Crippen LogP contribution >= 0.6 is 0 Å². The molecule has 0 aliphatic heterocycles. The molecule has 178 valence electrons. The summed E-state index contributed by atoms with van der Waals surface area (Å²) in [5.41, 5.74) is 1.93. The van der Waals surface area contributed by atoms with Crippen LogP contribution in [0.5, 0.6) is 0 Å². The van der Waals surface area contributed by atoms with Gasteiger partial charge in [0.1, 0.15) is 0 Å². The molecule has 3 aromatic carbocycles. The molecule has 0 fully saturated rings. The summed E-state index contributed by atoms with van der Waals surface area (Å²) in [4.78, 5) is 26.1. The van der Waals surface area contributed by atoms with Gasteiger partial charge in [-0.25, -0.2) is 13.2 Å². The monoisotopic (exact) mass is 487 g/mol. The van der Waals surface area contributed by atoms with Crippen molar-refractivity contribution < 1.29 is 31.5 Å². The molecule has 34 heavy (non-hydrogen) atoms. The van der Waals surface area contributed by atoms with E-state index in [1.165, 1.54) is 0 Å². The SMILES string of the molecule is O=C(OCC(=O)N(CCc1ccccc1)Cc1ccccc1)c1ccc(S(=O)(=O)C(F)F)cc1. The fraction of sp³-hybridized carbons (Fsp3) is 0.200. The summed E-state index contributed by atoms with van der Waals surface area (Å²) in [5, 5.41) is 0. The van der Waals surface area contributed by atoms with E-state index < -0.39 is 39.0 Å². The average Bonchev–Trinajstić information content (AvgIpc) is 2.86. The second-order valence-electron chi connectivity index (χ2n) is 7.44. The van der Waals surface area contributed by atoms with Crippen molar-refractivity contribution in [2.24, 2.45) is 0 Å². The lowest BCUT2D eigenvalue weighted by atomic mass is 10.1. The van der Waals surface area contributed by atoms with Gasteiger partial charge in [-0.2, -0.15) is 8.78 Å². The maximum Gasteiger partial charge on any atom is 0.341 e. The van der Waals surface area contributed by atoms with Gasteiger partial charge in [-0.3, -0.25) is 4.79 Å². The summed E-state index contributed by atoms with van der Waals surface area (Å²) in [6.45, 7) is 0.233. The van der Waals surface area contributed by atoms with Crippen molar-refractivity contribution in [1.29, 1.82) is 0 Å². The molecule has 0 aliphatic rings. The number of amides is 1. The summed E-state index contributed by atoms with van der Waals surface area (Å²) < 4.78 is 53.4. The Labute approximate surface area is 196 Å². The average molecular weight is 488 g/mol. The van der Waals surface area contributed by atoms with E-state index in [9.17, 15) is 26.8 Å². The van der Waals surface area contributed by atoms with E-state index in [2.05, 4.69) is 0 Å². The number of halogens is 2. The molecule has 1 amide bonds. The molecule has 0 spiro atoms. The minimum absolute atomic E-state index is 0.0556. The zero-order valence-electron chi connectivity index (χ0n) is 18.1. The Kier molecular flexibility index (Phi) is 8.48. The van der Waals surface area contributed by atoms with Gasteiger partial charge in [0.2, 0.25) is 9.84 Å². The molecule has 0 heterocycles. The number of esters is 1. The molecular formula is C25H23F2NO5S. The molecule has 0 unspecified atom stereocenters. The third kappa shape index (κ3) is 6.71. The van der Waals surface area contributed by atoms with Crippen LogP contribution in [0.2, 0.25) is 0 Å². The molecule has 0 bridgehead atoms. The number of carbonyl (C=O) groups excluding carboxylic acids is 2. The number of alkyl halides is 2. The smallest absolute Gasteiger partial charge is 0.341 e. The maximum absolute atomic E-state index is 12.9. The number of rotatable bonds is 10. The van der Waals surface area contributed by atoms with Gasteiger partial charge < -0.3 is 9.64 Å². The highest BCUT2D eigenvalue weighted by Gasteiger charge is 2.26. The normalized spacial score (nSPS) is 11.3. The lowest BCUT2D eigenvalue weighted by Gasteiger charge is -2.23. The first-order valence-electron chi connectivity index (χ1n) is 10.4. The van der Waals surface area contributed by atoms with Crippen LogP contribution in [0.4, 0.5) is 8.78 Å². The van der Waals surface area contributed by atoms with E-state index in [0.717, 1.165) is 35.4 Å². The Morgan fingerprint density at radius 1 is 0.824 bits per heavy atom. The number of ether oxygens (including phenoxy) is 1. The zero-order valence-corrected chi connectivity index (χ0v) is 19.0. The van der Waals surface area contributed by atoms with Crippen molar-refractivity contribution in [3.63, 3.8) is 0 Å². The first kappa shape index (κ1) is 25.0. The second kappa shape index (κ2) is 11.5. The number of hydrogen-bond acceptors (Lipinski definition) is 5. The van der Waals surface area contributed by atoms with Crippen LogP contribution in [-0.4, -0.2) is 44.1 Å². The Morgan fingerprint density at radius 3 is 1.94 bits per heavy atom. The van der Waals surface area contributed by atoms with Gasteiger partial charge in [-0.05, 0) is 41.8 Å². The summed E-state index contributed by atoms with van der Waals surface area (Å²) in [5.74, 6) is -4.82. The number of hydrogen-bond donors (Lipinski definition) is 0. The minimum Gasteiger partial charge on any atom is -0.452 e. The molecule has 0 saturated carbocycles. The van der Waals surface area contributed by atoms with Crippen LogP contribution in [0.1, 0.15) is 21.5 Å². The van der Waals surface area contributed by atoms with Crippen molar-refractivity contribution in [2.45, 2.75) is 23.6 Å². The number of benzene rings is 3. The standard InChI is InChI=1S/C25H23F2NO5S/c26-25(27)34(31,32)22-13-11-21(12-14-22)24(30)33-18-23(29)28(17-20-9-5-2-6-10-20)16-15-19-7-3-1-4-8-19/h1-14,25H,15-18H2. The van der Waals surface area contributed by atoms with E-state index in [1.54, 1.807) is 4.90 Å². The van der Waals surface area contributed by atoms with Crippen molar-refractivity contribution >= 4 is 21.7 Å². The largest absolute Gasteiger partial charge is 0.452 e. The van der Waals surface area contributed by atoms with Crippen LogP contribution in [0.3, 0.4) is 0 Å². The lowest BCUT2D eigenvalue weighted by Crippen LogP contribution is -2.35. The second-order valence-corrected chi connectivity index (χ2v) is 9.36. The van der Waals surface area contributed by atoms with Crippen LogP contribution in [0.15, 0.2) is 89.8 Å². The molecule has 0 aliphatic carbocycles. The van der Waals surface area contributed by atoms with Gasteiger partial charge in [0.25, 0.3) is 5.91 Å². The molecule has 0 radical (unpaired) electrons. The van der Waals surface area contributed by atoms with E-state index in [0.29, 0.717) is 19.5 Å². The molecule has 9 heteroatoms.